The van der Waals surface area contributed by atoms with Crippen LogP contribution in [0.2, 0.25) is 0 Å². The standard InChI is InChI=1S/C32H48N2O7/c1-32(2,35)23-41-30-20-33-19-29(31(30)26-9-6-24(7-10-26)21-38-17-16-37-4)40-22-25-8-11-28-27(18-25)34(13-15-39-28)12-5-14-36-3/h6-11,18,29-31,33,35H,5,12-17,19-23H2,1-4H3/t29-,30+,31?/m0/s1. The summed E-state index contributed by atoms with van der Waals surface area (Å²) in [5.74, 6) is 0.926. The molecule has 2 aliphatic heterocycles. The van der Waals surface area contributed by atoms with E-state index in [0.717, 1.165) is 54.2 Å². The number of ether oxygens (including phenoxy) is 6. The molecule has 3 atom stereocenters. The van der Waals surface area contributed by atoms with Crippen molar-refractivity contribution >= 4 is 5.69 Å². The summed E-state index contributed by atoms with van der Waals surface area (Å²) < 4.78 is 34.9. The van der Waals surface area contributed by atoms with Crippen molar-refractivity contribution in [1.82, 2.24) is 5.32 Å². The third-order valence-electron chi connectivity index (χ3n) is 7.43. The zero-order chi connectivity index (χ0) is 29.1. The lowest BCUT2D eigenvalue weighted by atomic mass is 9.84. The second kappa shape index (κ2) is 15.8. The zero-order valence-corrected chi connectivity index (χ0v) is 25.1. The lowest BCUT2D eigenvalue weighted by molar-refractivity contribution is -0.0964. The predicted octanol–water partition coefficient (Wildman–Crippen LogP) is 3.51. The van der Waals surface area contributed by atoms with Gasteiger partial charge in [-0.05, 0) is 49.1 Å². The summed E-state index contributed by atoms with van der Waals surface area (Å²) in [7, 11) is 3.41. The third-order valence-corrected chi connectivity index (χ3v) is 7.43. The fraction of sp³-hybridized carbons (Fsp3) is 0.625. The Morgan fingerprint density at radius 2 is 1.66 bits per heavy atom. The molecule has 1 saturated heterocycles. The quantitative estimate of drug-likeness (QED) is 0.293. The molecule has 0 aromatic heterocycles. The minimum Gasteiger partial charge on any atom is -0.490 e. The van der Waals surface area contributed by atoms with Crippen LogP contribution in [-0.4, -0.2) is 96.3 Å². The second-order valence-electron chi connectivity index (χ2n) is 11.5. The van der Waals surface area contributed by atoms with Crippen molar-refractivity contribution in [3.05, 3.63) is 59.2 Å². The molecule has 2 heterocycles. The van der Waals surface area contributed by atoms with E-state index in [0.29, 0.717) is 46.1 Å². The average Bonchev–Trinajstić information content (AvgIpc) is 2.97. The van der Waals surface area contributed by atoms with Gasteiger partial charge in [0.25, 0.3) is 0 Å². The van der Waals surface area contributed by atoms with E-state index in [-0.39, 0.29) is 24.7 Å². The number of methoxy groups -OCH3 is 2. The summed E-state index contributed by atoms with van der Waals surface area (Å²) in [6.07, 6.45) is 0.720. The van der Waals surface area contributed by atoms with Gasteiger partial charge in [-0.25, -0.2) is 0 Å². The summed E-state index contributed by atoms with van der Waals surface area (Å²) in [5, 5.41) is 13.8. The Bertz CT molecular complexity index is 1040. The molecule has 2 N–H and O–H groups in total. The highest BCUT2D eigenvalue weighted by atomic mass is 16.5. The summed E-state index contributed by atoms with van der Waals surface area (Å²) >= 11 is 0. The first kappa shape index (κ1) is 31.7. The fourth-order valence-electron chi connectivity index (χ4n) is 5.34. The van der Waals surface area contributed by atoms with E-state index in [1.54, 1.807) is 28.1 Å². The minimum absolute atomic E-state index is 0.00793. The normalized spacial score (nSPS) is 21.0. The number of nitrogens with one attached hydrogen (secondary N) is 1. The van der Waals surface area contributed by atoms with Crippen LogP contribution in [-0.2, 0) is 36.9 Å². The largest absolute Gasteiger partial charge is 0.490 e. The van der Waals surface area contributed by atoms with E-state index in [9.17, 15) is 5.11 Å². The molecule has 1 unspecified atom stereocenters. The van der Waals surface area contributed by atoms with Crippen LogP contribution in [0.25, 0.3) is 0 Å². The van der Waals surface area contributed by atoms with E-state index >= 15 is 0 Å². The van der Waals surface area contributed by atoms with Gasteiger partial charge in [0.1, 0.15) is 12.4 Å². The number of rotatable bonds is 16. The van der Waals surface area contributed by atoms with Gasteiger partial charge in [0.15, 0.2) is 0 Å². The highest BCUT2D eigenvalue weighted by Gasteiger charge is 2.37. The molecule has 0 spiro atoms. The van der Waals surface area contributed by atoms with Crippen LogP contribution in [0, 0.1) is 0 Å². The van der Waals surface area contributed by atoms with Crippen LogP contribution in [0.4, 0.5) is 5.69 Å². The molecule has 0 aliphatic carbocycles. The number of hydrogen-bond acceptors (Lipinski definition) is 9. The summed E-state index contributed by atoms with van der Waals surface area (Å²) in [4.78, 5) is 2.37. The molecule has 2 aromatic carbocycles. The highest BCUT2D eigenvalue weighted by Crippen LogP contribution is 2.35. The Hall–Kier alpha value is -2.24. The van der Waals surface area contributed by atoms with E-state index in [2.05, 4.69) is 52.7 Å². The SMILES string of the molecule is COCCCN1CCOc2ccc(CO[C@H]3CNC[C@@H](OCC(C)(C)O)C3c3ccc(COCCOC)cc3)cc21. The van der Waals surface area contributed by atoms with E-state index < -0.39 is 5.60 Å². The molecule has 228 valence electrons. The monoisotopic (exact) mass is 572 g/mol. The van der Waals surface area contributed by atoms with Gasteiger partial charge in [0.2, 0.25) is 0 Å². The molecule has 2 aromatic rings. The molecular formula is C32H48N2O7. The van der Waals surface area contributed by atoms with E-state index in [1.807, 2.05) is 0 Å². The van der Waals surface area contributed by atoms with E-state index in [4.69, 9.17) is 28.4 Å². The Morgan fingerprint density at radius 3 is 2.39 bits per heavy atom. The molecule has 2 aliphatic rings. The van der Waals surface area contributed by atoms with Crippen molar-refractivity contribution in [3.63, 3.8) is 0 Å². The maximum atomic E-state index is 10.3. The predicted molar refractivity (Wildman–Crippen MR) is 159 cm³/mol. The molecular weight excluding hydrogens is 524 g/mol. The van der Waals surface area contributed by atoms with Crippen LogP contribution in [0.1, 0.15) is 42.9 Å². The van der Waals surface area contributed by atoms with Gasteiger partial charge in [-0.15, -0.1) is 0 Å². The van der Waals surface area contributed by atoms with E-state index in [1.165, 1.54) is 0 Å². The van der Waals surface area contributed by atoms with Crippen LogP contribution in [0.5, 0.6) is 5.75 Å². The molecule has 0 bridgehead atoms. The number of aliphatic hydroxyl groups is 1. The maximum Gasteiger partial charge on any atom is 0.142 e. The molecule has 9 nitrogen and oxygen atoms in total. The number of fused-ring (bicyclic) bond motifs is 1. The van der Waals surface area contributed by atoms with Gasteiger partial charge in [-0.2, -0.15) is 0 Å². The molecule has 4 rings (SSSR count). The van der Waals surface area contributed by atoms with Crippen LogP contribution in [0.15, 0.2) is 42.5 Å². The minimum atomic E-state index is -0.915. The molecule has 41 heavy (non-hydrogen) atoms. The summed E-state index contributed by atoms with van der Waals surface area (Å²) in [6, 6.07) is 14.8. The summed E-state index contributed by atoms with van der Waals surface area (Å²) in [5.41, 5.74) is 3.56. The molecule has 1 fully saturated rings. The maximum absolute atomic E-state index is 10.3. The van der Waals surface area contributed by atoms with Gasteiger partial charge < -0.3 is 43.7 Å². The lowest BCUT2D eigenvalue weighted by Crippen LogP contribution is -2.51. The van der Waals surface area contributed by atoms with Crippen LogP contribution >= 0.6 is 0 Å². The van der Waals surface area contributed by atoms with Gasteiger partial charge in [-0.3, -0.25) is 0 Å². The number of nitrogens with zero attached hydrogens (tertiary/aromatic N) is 1. The van der Waals surface area contributed by atoms with Gasteiger partial charge in [0.05, 0.1) is 63.1 Å². The number of anilines is 1. The molecule has 0 radical (unpaired) electrons. The molecule has 0 amide bonds. The Kier molecular flexibility index (Phi) is 12.2. The average molecular weight is 573 g/mol. The van der Waals surface area contributed by atoms with Crippen molar-refractivity contribution in [2.45, 2.75) is 57.2 Å². The van der Waals surface area contributed by atoms with Gasteiger partial charge >= 0.3 is 0 Å². The number of piperidine rings is 1. The van der Waals surface area contributed by atoms with Gasteiger partial charge in [-0.1, -0.05) is 30.3 Å². The van der Waals surface area contributed by atoms with Crippen molar-refractivity contribution in [2.24, 2.45) is 0 Å². The molecule has 9 heteroatoms. The first-order valence-electron chi connectivity index (χ1n) is 14.7. The first-order valence-corrected chi connectivity index (χ1v) is 14.7. The Labute approximate surface area is 245 Å². The number of benzene rings is 2. The topological polar surface area (TPSA) is 90.9 Å². The molecule has 0 saturated carbocycles. The van der Waals surface area contributed by atoms with Crippen molar-refractivity contribution in [3.8, 4) is 5.75 Å². The Morgan fingerprint density at radius 1 is 0.927 bits per heavy atom. The smallest absolute Gasteiger partial charge is 0.142 e. The lowest BCUT2D eigenvalue weighted by Gasteiger charge is -2.39. The van der Waals surface area contributed by atoms with Crippen molar-refractivity contribution in [1.29, 1.82) is 0 Å². The van der Waals surface area contributed by atoms with Gasteiger partial charge in [0, 0.05) is 46.4 Å². The highest BCUT2D eigenvalue weighted by molar-refractivity contribution is 5.61. The van der Waals surface area contributed by atoms with Crippen molar-refractivity contribution in [2.75, 3.05) is 78.3 Å². The number of hydrogen-bond donors (Lipinski definition) is 2. The van der Waals surface area contributed by atoms with Crippen LogP contribution in [0.3, 0.4) is 0 Å². The first-order chi connectivity index (χ1) is 19.9. The third kappa shape index (κ3) is 9.64. The van der Waals surface area contributed by atoms with Crippen molar-refractivity contribution < 1.29 is 33.5 Å². The summed E-state index contributed by atoms with van der Waals surface area (Å²) in [6.45, 7) is 10.6. The Balaban J connectivity index is 1.47. The zero-order valence-electron chi connectivity index (χ0n) is 25.1. The fourth-order valence-corrected chi connectivity index (χ4v) is 5.34. The second-order valence-corrected chi connectivity index (χ2v) is 11.5. The van der Waals surface area contributed by atoms with Crippen LogP contribution < -0.4 is 15.0 Å².